The molecule has 10 heteroatoms. The molecule has 0 saturated carbocycles. The van der Waals surface area contributed by atoms with Crippen LogP contribution in [0.15, 0.2) is 0 Å². The molecule has 1 aromatic heterocycles. The van der Waals surface area contributed by atoms with E-state index in [9.17, 15) is 22.8 Å². The van der Waals surface area contributed by atoms with Crippen molar-refractivity contribution in [1.29, 1.82) is 0 Å². The number of alkyl halides is 3. The van der Waals surface area contributed by atoms with Crippen LogP contribution in [0.3, 0.4) is 0 Å². The van der Waals surface area contributed by atoms with Crippen LogP contribution in [0.1, 0.15) is 37.0 Å². The highest BCUT2D eigenvalue weighted by atomic mass is 19.4. The van der Waals surface area contributed by atoms with Crippen molar-refractivity contribution in [3.8, 4) is 0 Å². The predicted octanol–water partition coefficient (Wildman–Crippen LogP) is 2.80. The monoisotopic (exact) mass is 323 g/mol. The maximum Gasteiger partial charge on any atom is 0.412 e. The number of amides is 1. The molecular weight excluding hydrogens is 307 g/mol. The Labute approximate surface area is 124 Å². The molecule has 0 bridgehead atoms. The Kier molecular flexibility index (Phi) is 4.73. The van der Waals surface area contributed by atoms with Crippen molar-refractivity contribution in [1.82, 2.24) is 9.78 Å². The number of carbonyl (C=O) groups excluding carboxylic acids is 1. The van der Waals surface area contributed by atoms with E-state index in [1.165, 1.54) is 6.92 Å². The number of rotatable bonds is 3. The molecule has 0 radical (unpaired) electrons. The van der Waals surface area contributed by atoms with E-state index < -0.39 is 36.1 Å². The number of carbonyl (C=O) groups is 2. The molecule has 0 unspecified atom stereocenters. The van der Waals surface area contributed by atoms with Crippen molar-refractivity contribution in [2.24, 2.45) is 0 Å². The Morgan fingerprint density at radius 1 is 1.32 bits per heavy atom. The lowest BCUT2D eigenvalue weighted by atomic mass is 10.2. The highest BCUT2D eigenvalue weighted by Crippen LogP contribution is 2.25. The lowest BCUT2D eigenvalue weighted by Crippen LogP contribution is -2.27. The van der Waals surface area contributed by atoms with E-state index in [4.69, 9.17) is 9.84 Å². The third kappa shape index (κ3) is 4.93. The number of aromatic carboxylic acids is 1. The molecule has 7 nitrogen and oxygen atoms in total. The van der Waals surface area contributed by atoms with Gasteiger partial charge in [-0.05, 0) is 27.7 Å². The number of nitrogens with one attached hydrogen (secondary N) is 1. The molecule has 0 aliphatic rings. The second kappa shape index (κ2) is 5.85. The smallest absolute Gasteiger partial charge is 0.412 e. The van der Waals surface area contributed by atoms with Crippen LogP contribution in [-0.2, 0) is 11.3 Å². The zero-order valence-electron chi connectivity index (χ0n) is 12.4. The van der Waals surface area contributed by atoms with Crippen molar-refractivity contribution in [3.63, 3.8) is 0 Å². The summed E-state index contributed by atoms with van der Waals surface area (Å²) in [6.45, 7) is 4.52. The van der Waals surface area contributed by atoms with Crippen LogP contribution in [0, 0.1) is 6.92 Å². The van der Waals surface area contributed by atoms with Crippen molar-refractivity contribution < 1.29 is 32.6 Å². The summed E-state index contributed by atoms with van der Waals surface area (Å²) < 4.78 is 42.7. The van der Waals surface area contributed by atoms with E-state index in [1.807, 2.05) is 0 Å². The summed E-state index contributed by atoms with van der Waals surface area (Å²) in [5.41, 5.74) is -2.00. The van der Waals surface area contributed by atoms with Gasteiger partial charge in [-0.2, -0.15) is 18.3 Å². The van der Waals surface area contributed by atoms with Crippen LogP contribution in [0.4, 0.5) is 23.7 Å². The molecule has 0 aromatic carbocycles. The molecule has 0 aliphatic heterocycles. The molecule has 0 saturated heterocycles. The second-order valence-electron chi connectivity index (χ2n) is 5.51. The fraction of sp³-hybridized carbons (Fsp3) is 0.583. The zero-order chi connectivity index (χ0) is 17.3. The average Bonchev–Trinajstić information content (AvgIpc) is 2.53. The van der Waals surface area contributed by atoms with E-state index in [0.29, 0.717) is 4.68 Å². The molecule has 124 valence electrons. The zero-order valence-corrected chi connectivity index (χ0v) is 12.4. The van der Waals surface area contributed by atoms with Gasteiger partial charge in [0.25, 0.3) is 0 Å². The van der Waals surface area contributed by atoms with Crippen LogP contribution >= 0.6 is 0 Å². The van der Waals surface area contributed by atoms with Crippen LogP contribution in [0.25, 0.3) is 0 Å². The van der Waals surface area contributed by atoms with E-state index >= 15 is 0 Å². The third-order valence-corrected chi connectivity index (χ3v) is 2.36. The number of halogens is 3. The largest absolute Gasteiger partial charge is 0.476 e. The van der Waals surface area contributed by atoms with Gasteiger partial charge in [0.05, 0.1) is 5.69 Å². The summed E-state index contributed by atoms with van der Waals surface area (Å²) in [6, 6.07) is 0. The van der Waals surface area contributed by atoms with Crippen molar-refractivity contribution in [2.45, 2.75) is 46.0 Å². The highest BCUT2D eigenvalue weighted by molar-refractivity contribution is 5.98. The molecule has 0 atom stereocenters. The normalized spacial score (nSPS) is 12.1. The van der Waals surface area contributed by atoms with Gasteiger partial charge in [-0.15, -0.1) is 0 Å². The lowest BCUT2D eigenvalue weighted by molar-refractivity contribution is -0.142. The van der Waals surface area contributed by atoms with Gasteiger partial charge >= 0.3 is 18.2 Å². The van der Waals surface area contributed by atoms with Gasteiger partial charge in [0.15, 0.2) is 5.69 Å². The maximum atomic E-state index is 12.4. The number of anilines is 1. The molecule has 1 amide bonds. The van der Waals surface area contributed by atoms with E-state index in [0.717, 1.165) is 0 Å². The molecule has 0 fully saturated rings. The summed E-state index contributed by atoms with van der Waals surface area (Å²) >= 11 is 0. The lowest BCUT2D eigenvalue weighted by Gasteiger charge is -2.19. The van der Waals surface area contributed by atoms with E-state index in [-0.39, 0.29) is 11.4 Å². The Balaban J connectivity index is 3.12. The first kappa shape index (κ1) is 17.8. The van der Waals surface area contributed by atoms with Gasteiger partial charge in [0, 0.05) is 0 Å². The van der Waals surface area contributed by atoms with Crippen molar-refractivity contribution >= 4 is 17.7 Å². The Morgan fingerprint density at radius 3 is 2.27 bits per heavy atom. The van der Waals surface area contributed by atoms with Gasteiger partial charge < -0.3 is 9.84 Å². The predicted molar refractivity (Wildman–Crippen MR) is 69.8 cm³/mol. The molecule has 1 heterocycles. The van der Waals surface area contributed by atoms with Gasteiger partial charge in [0.2, 0.25) is 0 Å². The van der Waals surface area contributed by atoms with Crippen molar-refractivity contribution in [2.75, 3.05) is 5.32 Å². The van der Waals surface area contributed by atoms with Crippen molar-refractivity contribution in [3.05, 3.63) is 11.4 Å². The number of nitrogens with zero attached hydrogens (tertiary/aromatic N) is 2. The SMILES string of the molecule is Cc1c(NC(=O)OC(C)(C)C)c(C(=O)O)nn1CC(F)(F)F. The topological polar surface area (TPSA) is 93.4 Å². The Morgan fingerprint density at radius 2 is 1.86 bits per heavy atom. The quantitative estimate of drug-likeness (QED) is 0.892. The third-order valence-electron chi connectivity index (χ3n) is 2.36. The highest BCUT2D eigenvalue weighted by Gasteiger charge is 2.32. The minimum absolute atomic E-state index is 0.138. The summed E-state index contributed by atoms with van der Waals surface area (Å²) in [6.07, 6.45) is -5.56. The maximum absolute atomic E-state index is 12.4. The first-order chi connectivity index (χ1) is 9.80. The van der Waals surface area contributed by atoms with Crippen LogP contribution in [0.5, 0.6) is 0 Å². The molecule has 0 spiro atoms. The Bertz CT molecular complexity index is 588. The minimum atomic E-state index is -4.57. The molecule has 2 N–H and O–H groups in total. The molecule has 1 rings (SSSR count). The van der Waals surface area contributed by atoms with Crippen LogP contribution < -0.4 is 5.32 Å². The number of carboxylic acids is 1. The number of aromatic nitrogens is 2. The first-order valence-corrected chi connectivity index (χ1v) is 6.17. The molecular formula is C12H16F3N3O4. The fourth-order valence-electron chi connectivity index (χ4n) is 1.57. The fourth-order valence-corrected chi connectivity index (χ4v) is 1.57. The van der Waals surface area contributed by atoms with Gasteiger partial charge in [-0.25, -0.2) is 9.59 Å². The van der Waals surface area contributed by atoms with Gasteiger partial charge in [-0.3, -0.25) is 10.00 Å². The average molecular weight is 323 g/mol. The van der Waals surface area contributed by atoms with Gasteiger partial charge in [0.1, 0.15) is 17.8 Å². The molecule has 1 aromatic rings. The standard InChI is InChI=1S/C12H16F3N3O4/c1-6-7(16-10(21)22-11(2,3)4)8(9(19)20)17-18(6)5-12(13,14)15/h5H2,1-4H3,(H,16,21)(H,19,20). The number of carboxylic acid groups (broad SMARTS) is 1. The molecule has 0 aliphatic carbocycles. The summed E-state index contributed by atoms with van der Waals surface area (Å²) in [5.74, 6) is -1.56. The second-order valence-corrected chi connectivity index (χ2v) is 5.51. The summed E-state index contributed by atoms with van der Waals surface area (Å²) in [7, 11) is 0. The van der Waals surface area contributed by atoms with E-state index in [2.05, 4.69) is 10.4 Å². The Hall–Kier alpha value is -2.26. The first-order valence-electron chi connectivity index (χ1n) is 6.17. The molecule has 22 heavy (non-hydrogen) atoms. The minimum Gasteiger partial charge on any atom is -0.476 e. The van der Waals surface area contributed by atoms with E-state index in [1.54, 1.807) is 20.8 Å². The summed E-state index contributed by atoms with van der Waals surface area (Å²) in [4.78, 5) is 22.7. The van der Waals surface area contributed by atoms with Crippen LogP contribution in [-0.4, -0.2) is 38.7 Å². The number of ether oxygens (including phenoxy) is 1. The van der Waals surface area contributed by atoms with Crippen LogP contribution in [0.2, 0.25) is 0 Å². The summed E-state index contributed by atoms with van der Waals surface area (Å²) in [5, 5.41) is 14.5. The number of hydrogen-bond donors (Lipinski definition) is 2. The number of hydrogen-bond acceptors (Lipinski definition) is 4. The van der Waals surface area contributed by atoms with Gasteiger partial charge in [-0.1, -0.05) is 0 Å².